The normalized spacial score (nSPS) is 8.58. The van der Waals surface area contributed by atoms with Crippen LogP contribution in [0.4, 0.5) is 4.79 Å². The number of rotatable bonds is 4. The smallest absolute Gasteiger partial charge is 0.409 e. The number of carbonyl (C=O) groups excluding carboxylic acids is 1. The fourth-order valence-corrected chi connectivity index (χ4v) is 0.740. The van der Waals surface area contributed by atoms with E-state index in [0.29, 0.717) is 0 Å². The molecule has 0 aliphatic heterocycles. The minimum atomic E-state index is -0.277. The van der Waals surface area contributed by atoms with E-state index in [1.54, 1.807) is 11.9 Å². The molecule has 1 amide bonds. The first-order chi connectivity index (χ1) is 5.22. The molecule has 0 aromatic carbocycles. The van der Waals surface area contributed by atoms with E-state index in [1.165, 1.54) is 7.11 Å². The van der Waals surface area contributed by atoms with E-state index in [2.05, 4.69) is 10.1 Å². The van der Waals surface area contributed by atoms with Gasteiger partial charge in [0.25, 0.3) is 0 Å². The van der Waals surface area contributed by atoms with Crippen molar-refractivity contribution in [2.45, 2.75) is 6.42 Å². The number of halogens is 1. The van der Waals surface area contributed by atoms with Gasteiger partial charge in [-0.2, -0.15) is 0 Å². The van der Waals surface area contributed by atoms with Crippen LogP contribution in [0, 0.1) is 0 Å². The van der Waals surface area contributed by atoms with E-state index in [1.807, 2.05) is 7.05 Å². The molecule has 0 aromatic heterocycles. The minimum absolute atomic E-state index is 0. The van der Waals surface area contributed by atoms with Crippen molar-refractivity contribution in [1.29, 1.82) is 0 Å². The highest BCUT2D eigenvalue weighted by molar-refractivity contribution is 5.85. The Balaban J connectivity index is 0. The van der Waals surface area contributed by atoms with Gasteiger partial charge in [0.05, 0.1) is 7.11 Å². The van der Waals surface area contributed by atoms with E-state index in [4.69, 9.17) is 0 Å². The van der Waals surface area contributed by atoms with Crippen molar-refractivity contribution >= 4 is 18.5 Å². The summed E-state index contributed by atoms with van der Waals surface area (Å²) in [6.45, 7) is 1.65. The van der Waals surface area contributed by atoms with Gasteiger partial charge in [-0.1, -0.05) is 0 Å². The molecule has 0 aromatic rings. The molecule has 0 rings (SSSR count). The van der Waals surface area contributed by atoms with Crippen LogP contribution in [-0.2, 0) is 4.74 Å². The van der Waals surface area contributed by atoms with Crippen molar-refractivity contribution in [3.63, 3.8) is 0 Å². The van der Waals surface area contributed by atoms with Crippen LogP contribution in [0.25, 0.3) is 0 Å². The number of hydrogen-bond acceptors (Lipinski definition) is 3. The third kappa shape index (κ3) is 6.24. The Morgan fingerprint density at radius 3 is 2.58 bits per heavy atom. The second kappa shape index (κ2) is 8.62. The first-order valence-electron chi connectivity index (χ1n) is 3.66. The molecule has 0 aliphatic rings. The summed E-state index contributed by atoms with van der Waals surface area (Å²) >= 11 is 0. The van der Waals surface area contributed by atoms with Crippen LogP contribution in [0.3, 0.4) is 0 Å². The van der Waals surface area contributed by atoms with Crippen LogP contribution in [0.15, 0.2) is 0 Å². The molecule has 1 N–H and O–H groups in total. The second-order valence-corrected chi connectivity index (χ2v) is 2.35. The zero-order valence-corrected chi connectivity index (χ0v) is 8.61. The molecule has 0 bridgehead atoms. The SMILES string of the molecule is CNCCCN(C)C(=O)OC.Cl. The molecule has 0 radical (unpaired) electrons. The lowest BCUT2D eigenvalue weighted by Gasteiger charge is -2.14. The van der Waals surface area contributed by atoms with E-state index in [0.717, 1.165) is 19.5 Å². The number of nitrogens with zero attached hydrogens (tertiary/aromatic N) is 1. The quantitative estimate of drug-likeness (QED) is 0.674. The van der Waals surface area contributed by atoms with Crippen molar-refractivity contribution in [1.82, 2.24) is 10.2 Å². The van der Waals surface area contributed by atoms with Gasteiger partial charge in [-0.15, -0.1) is 12.4 Å². The van der Waals surface area contributed by atoms with E-state index in [9.17, 15) is 4.79 Å². The molecule has 0 heterocycles. The van der Waals surface area contributed by atoms with Crippen molar-refractivity contribution in [3.05, 3.63) is 0 Å². The van der Waals surface area contributed by atoms with E-state index < -0.39 is 0 Å². The molecule has 5 heteroatoms. The number of carbonyl (C=O) groups is 1. The lowest BCUT2D eigenvalue weighted by atomic mass is 10.4. The summed E-state index contributed by atoms with van der Waals surface area (Å²) < 4.78 is 4.51. The predicted octanol–water partition coefficient (Wildman–Crippen LogP) is 0.716. The summed E-state index contributed by atoms with van der Waals surface area (Å²) in [7, 11) is 5.00. The summed E-state index contributed by atoms with van der Waals surface area (Å²) in [5.41, 5.74) is 0. The fraction of sp³-hybridized carbons (Fsp3) is 0.857. The summed E-state index contributed by atoms with van der Waals surface area (Å²) in [4.78, 5) is 12.3. The van der Waals surface area contributed by atoms with Crippen LogP contribution >= 0.6 is 12.4 Å². The van der Waals surface area contributed by atoms with Gasteiger partial charge in [0, 0.05) is 13.6 Å². The molecule has 74 valence electrons. The van der Waals surface area contributed by atoms with Crippen LogP contribution in [-0.4, -0.2) is 45.3 Å². The minimum Gasteiger partial charge on any atom is -0.453 e. The maximum atomic E-state index is 10.8. The Kier molecular flexibility index (Phi) is 10.1. The molecule has 0 saturated heterocycles. The van der Waals surface area contributed by atoms with Gasteiger partial charge in [0.1, 0.15) is 0 Å². The van der Waals surface area contributed by atoms with Gasteiger partial charge >= 0.3 is 6.09 Å². The molecule has 0 saturated carbocycles. The molecule has 0 fully saturated rings. The van der Waals surface area contributed by atoms with Crippen LogP contribution in [0.5, 0.6) is 0 Å². The predicted molar refractivity (Wildman–Crippen MR) is 50.8 cm³/mol. The van der Waals surface area contributed by atoms with Gasteiger partial charge < -0.3 is 15.0 Å². The number of methoxy groups -OCH3 is 1. The maximum absolute atomic E-state index is 10.8. The lowest BCUT2D eigenvalue weighted by molar-refractivity contribution is 0.133. The summed E-state index contributed by atoms with van der Waals surface area (Å²) in [6, 6.07) is 0. The van der Waals surface area contributed by atoms with Crippen molar-refractivity contribution in [3.8, 4) is 0 Å². The summed E-state index contributed by atoms with van der Waals surface area (Å²) in [6.07, 6.45) is 0.670. The molecular formula is C7H17ClN2O2. The lowest BCUT2D eigenvalue weighted by Crippen LogP contribution is -2.29. The van der Waals surface area contributed by atoms with Gasteiger partial charge in [0.2, 0.25) is 0 Å². The Morgan fingerprint density at radius 1 is 1.58 bits per heavy atom. The van der Waals surface area contributed by atoms with Gasteiger partial charge in [-0.3, -0.25) is 0 Å². The Labute approximate surface area is 79.7 Å². The second-order valence-electron chi connectivity index (χ2n) is 2.35. The Bertz CT molecular complexity index is 122. The number of nitrogens with one attached hydrogen (secondary N) is 1. The van der Waals surface area contributed by atoms with Gasteiger partial charge in [0.15, 0.2) is 0 Å². The van der Waals surface area contributed by atoms with Gasteiger partial charge in [-0.25, -0.2) is 4.79 Å². The fourth-order valence-electron chi connectivity index (χ4n) is 0.740. The number of amides is 1. The van der Waals surface area contributed by atoms with Crippen LogP contribution < -0.4 is 5.32 Å². The molecular weight excluding hydrogens is 180 g/mol. The first-order valence-corrected chi connectivity index (χ1v) is 3.66. The highest BCUT2D eigenvalue weighted by atomic mass is 35.5. The van der Waals surface area contributed by atoms with E-state index >= 15 is 0 Å². The molecule has 0 atom stereocenters. The average Bonchev–Trinajstić information content (AvgIpc) is 2.03. The molecule has 12 heavy (non-hydrogen) atoms. The van der Waals surface area contributed by atoms with Gasteiger partial charge in [-0.05, 0) is 20.0 Å². The van der Waals surface area contributed by atoms with Crippen molar-refractivity contribution in [2.75, 3.05) is 34.3 Å². The third-order valence-electron chi connectivity index (χ3n) is 1.41. The Hall–Kier alpha value is -0.480. The van der Waals surface area contributed by atoms with Crippen LogP contribution in [0.2, 0.25) is 0 Å². The highest BCUT2D eigenvalue weighted by Gasteiger charge is 2.05. The average molecular weight is 197 g/mol. The van der Waals surface area contributed by atoms with E-state index in [-0.39, 0.29) is 18.5 Å². The molecule has 0 aliphatic carbocycles. The number of ether oxygens (including phenoxy) is 1. The molecule has 4 nitrogen and oxygen atoms in total. The zero-order valence-electron chi connectivity index (χ0n) is 7.79. The third-order valence-corrected chi connectivity index (χ3v) is 1.41. The largest absolute Gasteiger partial charge is 0.453 e. The zero-order chi connectivity index (χ0) is 8.69. The van der Waals surface area contributed by atoms with Crippen molar-refractivity contribution in [2.24, 2.45) is 0 Å². The standard InChI is InChI=1S/C7H16N2O2.ClH/c1-8-5-4-6-9(2)7(10)11-3;/h8H,4-6H2,1-3H3;1H. The maximum Gasteiger partial charge on any atom is 0.409 e. The first kappa shape index (κ1) is 14.1. The Morgan fingerprint density at radius 2 is 2.17 bits per heavy atom. The number of hydrogen-bond donors (Lipinski definition) is 1. The topological polar surface area (TPSA) is 41.6 Å². The van der Waals surface area contributed by atoms with Crippen molar-refractivity contribution < 1.29 is 9.53 Å². The summed E-state index contributed by atoms with van der Waals surface area (Å²) in [5, 5.41) is 3.00. The highest BCUT2D eigenvalue weighted by Crippen LogP contribution is 1.89. The molecule has 0 spiro atoms. The molecule has 0 unspecified atom stereocenters. The summed E-state index contributed by atoms with van der Waals surface area (Å²) in [5.74, 6) is 0. The monoisotopic (exact) mass is 196 g/mol. The van der Waals surface area contributed by atoms with Crippen LogP contribution in [0.1, 0.15) is 6.42 Å².